The number of hydrogen-bond donors (Lipinski definition) is 1. The van der Waals surface area contributed by atoms with Crippen molar-refractivity contribution in [1.29, 1.82) is 0 Å². The summed E-state index contributed by atoms with van der Waals surface area (Å²) in [6.07, 6.45) is 0. The predicted octanol–water partition coefficient (Wildman–Crippen LogP) is 5.79. The van der Waals surface area contributed by atoms with E-state index in [2.05, 4.69) is 56.4 Å². The smallest absolute Gasteiger partial charge is 0.119 e. The molecule has 1 heterocycles. The van der Waals surface area contributed by atoms with Gasteiger partial charge in [0.1, 0.15) is 12.4 Å². The second-order valence-electron chi connectivity index (χ2n) is 6.39. The van der Waals surface area contributed by atoms with Gasteiger partial charge in [-0.15, -0.1) is 11.3 Å². The minimum absolute atomic E-state index is 0.360. The zero-order valence-corrected chi connectivity index (χ0v) is 15.9. The molecule has 3 aromatic rings. The van der Waals surface area contributed by atoms with Gasteiger partial charge in [-0.2, -0.15) is 0 Å². The fraction of sp³-hybridized carbons (Fsp3) is 0.273. The van der Waals surface area contributed by atoms with Crippen LogP contribution in [-0.4, -0.2) is 0 Å². The molecule has 0 saturated carbocycles. The van der Waals surface area contributed by atoms with Gasteiger partial charge in [0.15, 0.2) is 0 Å². The van der Waals surface area contributed by atoms with Crippen molar-refractivity contribution in [3.8, 4) is 5.75 Å². The van der Waals surface area contributed by atoms with Crippen molar-refractivity contribution in [3.05, 3.63) is 87.1 Å². The summed E-state index contributed by atoms with van der Waals surface area (Å²) in [5.41, 5.74) is 3.86. The summed E-state index contributed by atoms with van der Waals surface area (Å²) in [7, 11) is 0. The molecule has 0 fully saturated rings. The standard InChI is InChI=1S/C22H25NOS/c1-16-13-22(18(3)25-16)17(2)23-14-19-9-11-21(12-10-19)24-15-20-7-5-4-6-8-20/h4-13,17,23H,14-15H2,1-3H3. The van der Waals surface area contributed by atoms with Crippen molar-refractivity contribution < 1.29 is 4.74 Å². The summed E-state index contributed by atoms with van der Waals surface area (Å²) in [5, 5.41) is 3.61. The number of thiophene rings is 1. The lowest BCUT2D eigenvalue weighted by atomic mass is 10.1. The Morgan fingerprint density at radius 1 is 0.960 bits per heavy atom. The molecule has 3 heteroatoms. The van der Waals surface area contributed by atoms with Crippen LogP contribution in [0.2, 0.25) is 0 Å². The van der Waals surface area contributed by atoms with Crippen LogP contribution in [0.3, 0.4) is 0 Å². The van der Waals surface area contributed by atoms with Crippen LogP contribution in [0.15, 0.2) is 60.7 Å². The van der Waals surface area contributed by atoms with Gasteiger partial charge < -0.3 is 10.1 Å². The highest BCUT2D eigenvalue weighted by molar-refractivity contribution is 7.12. The number of aryl methyl sites for hydroxylation is 2. The quantitative estimate of drug-likeness (QED) is 0.581. The summed E-state index contributed by atoms with van der Waals surface area (Å²) in [5.74, 6) is 0.907. The summed E-state index contributed by atoms with van der Waals surface area (Å²) >= 11 is 1.87. The molecule has 1 atom stereocenters. The largest absolute Gasteiger partial charge is 0.489 e. The van der Waals surface area contributed by atoms with Crippen molar-refractivity contribution in [2.45, 2.75) is 40.0 Å². The van der Waals surface area contributed by atoms with Gasteiger partial charge in [0.25, 0.3) is 0 Å². The van der Waals surface area contributed by atoms with Crippen LogP contribution in [0.25, 0.3) is 0 Å². The van der Waals surface area contributed by atoms with Gasteiger partial charge in [-0.25, -0.2) is 0 Å². The lowest BCUT2D eigenvalue weighted by Crippen LogP contribution is -2.18. The molecule has 0 saturated heterocycles. The first kappa shape index (κ1) is 17.7. The van der Waals surface area contributed by atoms with Crippen molar-refractivity contribution in [3.63, 3.8) is 0 Å². The minimum atomic E-state index is 0.360. The molecule has 0 aliphatic carbocycles. The first-order valence-electron chi connectivity index (χ1n) is 8.68. The molecule has 0 aliphatic heterocycles. The average molecular weight is 352 g/mol. The third-order valence-electron chi connectivity index (χ3n) is 4.33. The van der Waals surface area contributed by atoms with E-state index in [1.807, 2.05) is 41.7 Å². The van der Waals surface area contributed by atoms with E-state index in [0.717, 1.165) is 12.3 Å². The van der Waals surface area contributed by atoms with Crippen molar-refractivity contribution in [2.24, 2.45) is 0 Å². The molecule has 0 spiro atoms. The number of benzene rings is 2. The van der Waals surface area contributed by atoms with E-state index in [-0.39, 0.29) is 0 Å². The Kier molecular flexibility index (Phi) is 5.90. The van der Waals surface area contributed by atoms with Gasteiger partial charge in [-0.1, -0.05) is 42.5 Å². The molecule has 130 valence electrons. The Hall–Kier alpha value is -2.10. The van der Waals surface area contributed by atoms with Crippen LogP contribution in [0, 0.1) is 13.8 Å². The molecule has 0 bridgehead atoms. The molecule has 0 amide bonds. The van der Waals surface area contributed by atoms with Crippen LogP contribution in [0.1, 0.15) is 39.4 Å². The topological polar surface area (TPSA) is 21.3 Å². The second-order valence-corrected chi connectivity index (χ2v) is 7.85. The summed E-state index contributed by atoms with van der Waals surface area (Å²) in [4.78, 5) is 2.78. The molecule has 2 aromatic carbocycles. The van der Waals surface area contributed by atoms with E-state index in [0.29, 0.717) is 12.6 Å². The molecular weight excluding hydrogens is 326 g/mol. The van der Waals surface area contributed by atoms with Gasteiger partial charge >= 0.3 is 0 Å². The van der Waals surface area contributed by atoms with E-state index in [4.69, 9.17) is 4.74 Å². The average Bonchev–Trinajstić information content (AvgIpc) is 2.98. The summed E-state index contributed by atoms with van der Waals surface area (Å²) in [6, 6.07) is 21.2. The van der Waals surface area contributed by atoms with Crippen molar-refractivity contribution >= 4 is 11.3 Å². The van der Waals surface area contributed by atoms with E-state index >= 15 is 0 Å². The summed E-state index contributed by atoms with van der Waals surface area (Å²) < 4.78 is 5.84. The highest BCUT2D eigenvalue weighted by atomic mass is 32.1. The van der Waals surface area contributed by atoms with Gasteiger partial charge in [0, 0.05) is 22.3 Å². The van der Waals surface area contributed by atoms with Crippen LogP contribution in [0.5, 0.6) is 5.75 Å². The first-order chi connectivity index (χ1) is 12.1. The van der Waals surface area contributed by atoms with E-state index in [1.165, 1.54) is 26.4 Å². The van der Waals surface area contributed by atoms with Gasteiger partial charge in [0.05, 0.1) is 0 Å². The monoisotopic (exact) mass is 351 g/mol. The van der Waals surface area contributed by atoms with E-state index in [9.17, 15) is 0 Å². The Labute approximate surface area is 154 Å². The normalized spacial score (nSPS) is 12.1. The Morgan fingerprint density at radius 3 is 2.32 bits per heavy atom. The molecule has 2 nitrogen and oxygen atoms in total. The molecule has 25 heavy (non-hydrogen) atoms. The predicted molar refractivity (Wildman–Crippen MR) is 106 cm³/mol. The van der Waals surface area contributed by atoms with Crippen LogP contribution in [0.4, 0.5) is 0 Å². The Bertz CT molecular complexity index is 793. The molecule has 1 N–H and O–H groups in total. The Morgan fingerprint density at radius 2 is 1.68 bits per heavy atom. The number of hydrogen-bond acceptors (Lipinski definition) is 3. The Balaban J connectivity index is 1.51. The molecular formula is C22H25NOS. The van der Waals surface area contributed by atoms with E-state index < -0.39 is 0 Å². The maximum Gasteiger partial charge on any atom is 0.119 e. The van der Waals surface area contributed by atoms with E-state index in [1.54, 1.807) is 0 Å². The lowest BCUT2D eigenvalue weighted by Gasteiger charge is -2.14. The van der Waals surface area contributed by atoms with Crippen molar-refractivity contribution in [2.75, 3.05) is 0 Å². The molecule has 0 aliphatic rings. The zero-order valence-electron chi connectivity index (χ0n) is 15.1. The highest BCUT2D eigenvalue weighted by Crippen LogP contribution is 2.26. The molecule has 1 unspecified atom stereocenters. The van der Waals surface area contributed by atoms with Crippen molar-refractivity contribution in [1.82, 2.24) is 5.32 Å². The van der Waals surface area contributed by atoms with Crippen LogP contribution >= 0.6 is 11.3 Å². The van der Waals surface area contributed by atoms with Gasteiger partial charge in [-0.3, -0.25) is 0 Å². The number of ether oxygens (including phenoxy) is 1. The van der Waals surface area contributed by atoms with Crippen LogP contribution in [-0.2, 0) is 13.2 Å². The molecule has 0 radical (unpaired) electrons. The SMILES string of the molecule is Cc1cc(C(C)NCc2ccc(OCc3ccccc3)cc2)c(C)s1. The third kappa shape index (κ3) is 4.94. The zero-order chi connectivity index (χ0) is 17.6. The maximum absolute atomic E-state index is 5.84. The van der Waals surface area contributed by atoms with Gasteiger partial charge in [0.2, 0.25) is 0 Å². The lowest BCUT2D eigenvalue weighted by molar-refractivity contribution is 0.306. The second kappa shape index (κ2) is 8.32. The summed E-state index contributed by atoms with van der Waals surface area (Å²) in [6.45, 7) is 8.05. The van der Waals surface area contributed by atoms with Crippen LogP contribution < -0.4 is 10.1 Å². The molecule has 3 rings (SSSR count). The number of nitrogens with one attached hydrogen (secondary N) is 1. The minimum Gasteiger partial charge on any atom is -0.489 e. The fourth-order valence-corrected chi connectivity index (χ4v) is 3.93. The first-order valence-corrected chi connectivity index (χ1v) is 9.49. The van der Waals surface area contributed by atoms with Gasteiger partial charge in [-0.05, 0) is 55.7 Å². The maximum atomic E-state index is 5.84. The third-order valence-corrected chi connectivity index (χ3v) is 5.31. The molecule has 1 aromatic heterocycles. The fourth-order valence-electron chi connectivity index (χ4n) is 2.91. The number of rotatable bonds is 7. The highest BCUT2D eigenvalue weighted by Gasteiger charge is 2.10.